The molecule has 24 heavy (non-hydrogen) atoms. The van der Waals surface area contributed by atoms with Crippen molar-refractivity contribution < 1.29 is 19.4 Å². The molecule has 1 amide bonds. The Morgan fingerprint density at radius 2 is 2.08 bits per heavy atom. The van der Waals surface area contributed by atoms with Gasteiger partial charge in [-0.05, 0) is 49.8 Å². The van der Waals surface area contributed by atoms with Crippen LogP contribution in [0, 0.1) is 0 Å². The zero-order valence-corrected chi connectivity index (χ0v) is 14.6. The van der Waals surface area contributed by atoms with Crippen molar-refractivity contribution in [1.82, 2.24) is 5.32 Å². The quantitative estimate of drug-likeness (QED) is 0.634. The van der Waals surface area contributed by atoms with Crippen molar-refractivity contribution in [3.63, 3.8) is 0 Å². The highest BCUT2D eigenvalue weighted by Gasteiger charge is 2.16. The van der Waals surface area contributed by atoms with E-state index in [0.29, 0.717) is 31.2 Å². The lowest BCUT2D eigenvalue weighted by Gasteiger charge is -2.13. The van der Waals surface area contributed by atoms with E-state index in [1.807, 2.05) is 24.3 Å². The molecule has 1 saturated carbocycles. The molecule has 5 nitrogen and oxygen atoms in total. The lowest BCUT2D eigenvalue weighted by atomic mass is 10.1. The first-order valence-electron chi connectivity index (χ1n) is 8.45. The summed E-state index contributed by atoms with van der Waals surface area (Å²) in [6.07, 6.45) is 6.20. The number of carbonyl (C=O) groups excluding carboxylic acids is 1. The molecule has 2 N–H and O–H groups in total. The number of benzene rings is 1. The van der Waals surface area contributed by atoms with Gasteiger partial charge in [-0.1, -0.05) is 12.1 Å². The van der Waals surface area contributed by atoms with Crippen molar-refractivity contribution in [2.24, 2.45) is 0 Å². The van der Waals surface area contributed by atoms with Crippen LogP contribution in [-0.2, 0) is 16.0 Å². The number of carboxylic acid groups (broad SMARTS) is 1. The molecule has 0 atom stereocenters. The summed E-state index contributed by atoms with van der Waals surface area (Å²) in [5.41, 5.74) is 1.10. The number of thioether (sulfide) groups is 1. The molecule has 1 aromatic rings. The van der Waals surface area contributed by atoms with Crippen LogP contribution in [0.5, 0.6) is 5.75 Å². The molecule has 1 aliphatic carbocycles. The molecule has 2 rings (SSSR count). The number of nitrogens with one attached hydrogen (secondary N) is 1. The Labute approximate surface area is 147 Å². The van der Waals surface area contributed by atoms with E-state index in [1.54, 1.807) is 0 Å². The third-order valence-electron chi connectivity index (χ3n) is 3.94. The van der Waals surface area contributed by atoms with Crippen LogP contribution in [0.15, 0.2) is 24.3 Å². The van der Waals surface area contributed by atoms with Gasteiger partial charge in [0.1, 0.15) is 5.75 Å². The largest absolute Gasteiger partial charge is 0.490 e. The highest BCUT2D eigenvalue weighted by Crippen LogP contribution is 2.24. The Morgan fingerprint density at radius 1 is 1.29 bits per heavy atom. The van der Waals surface area contributed by atoms with E-state index in [1.165, 1.54) is 24.6 Å². The van der Waals surface area contributed by atoms with Gasteiger partial charge < -0.3 is 15.2 Å². The lowest BCUT2D eigenvalue weighted by molar-refractivity contribution is -0.133. The lowest BCUT2D eigenvalue weighted by Crippen LogP contribution is -2.26. The first-order chi connectivity index (χ1) is 11.6. The van der Waals surface area contributed by atoms with Crippen molar-refractivity contribution in [3.8, 4) is 5.75 Å². The molecular formula is C18H25NO4S. The molecule has 0 radical (unpaired) electrons. The van der Waals surface area contributed by atoms with Crippen LogP contribution < -0.4 is 10.1 Å². The standard InChI is InChI=1S/C18H25NO4S/c20-17(19-10-11-24-13-18(21)22)9-8-14-4-3-7-16(12-14)23-15-5-1-2-6-15/h3-4,7,12,15H,1-2,5-6,8-11,13H2,(H,19,20)(H,21,22). The second-order valence-corrected chi connectivity index (χ2v) is 7.07. The van der Waals surface area contributed by atoms with Crippen LogP contribution in [-0.4, -0.2) is 41.1 Å². The first kappa shape index (κ1) is 18.6. The van der Waals surface area contributed by atoms with Crippen molar-refractivity contribution in [2.75, 3.05) is 18.1 Å². The summed E-state index contributed by atoms with van der Waals surface area (Å²) in [6.45, 7) is 0.502. The van der Waals surface area contributed by atoms with Crippen LogP contribution in [0.2, 0.25) is 0 Å². The summed E-state index contributed by atoms with van der Waals surface area (Å²) in [7, 11) is 0. The predicted octanol–water partition coefficient (Wildman–Crippen LogP) is 2.87. The normalized spacial score (nSPS) is 14.5. The van der Waals surface area contributed by atoms with E-state index < -0.39 is 5.97 Å². The third-order valence-corrected chi connectivity index (χ3v) is 4.88. The predicted molar refractivity (Wildman–Crippen MR) is 95.6 cm³/mol. The Balaban J connectivity index is 1.65. The van der Waals surface area contributed by atoms with E-state index in [0.717, 1.165) is 24.2 Å². The summed E-state index contributed by atoms with van der Waals surface area (Å²) in [5, 5.41) is 11.3. The average Bonchev–Trinajstić information content (AvgIpc) is 3.05. The fourth-order valence-electron chi connectivity index (χ4n) is 2.74. The molecule has 1 aliphatic rings. The zero-order chi connectivity index (χ0) is 17.2. The van der Waals surface area contributed by atoms with E-state index in [2.05, 4.69) is 5.32 Å². The SMILES string of the molecule is O=C(O)CSCCNC(=O)CCc1cccc(OC2CCCC2)c1. The van der Waals surface area contributed by atoms with E-state index in [4.69, 9.17) is 9.84 Å². The molecule has 0 aliphatic heterocycles. The van der Waals surface area contributed by atoms with Crippen molar-refractivity contribution >= 4 is 23.6 Å². The molecule has 0 heterocycles. The molecule has 1 aromatic carbocycles. The molecular weight excluding hydrogens is 326 g/mol. The van der Waals surface area contributed by atoms with Crippen molar-refractivity contribution in [2.45, 2.75) is 44.6 Å². The number of hydrogen-bond acceptors (Lipinski definition) is 4. The van der Waals surface area contributed by atoms with Gasteiger partial charge in [0.2, 0.25) is 5.91 Å². The van der Waals surface area contributed by atoms with Gasteiger partial charge in [0, 0.05) is 18.7 Å². The number of rotatable bonds is 10. The minimum Gasteiger partial charge on any atom is -0.490 e. The monoisotopic (exact) mass is 351 g/mol. The van der Waals surface area contributed by atoms with E-state index in [9.17, 15) is 9.59 Å². The third kappa shape index (κ3) is 7.25. The smallest absolute Gasteiger partial charge is 0.313 e. The maximum absolute atomic E-state index is 11.8. The molecule has 0 aromatic heterocycles. The Kier molecular flexibility index (Phi) is 7.95. The van der Waals surface area contributed by atoms with E-state index >= 15 is 0 Å². The molecule has 132 valence electrons. The van der Waals surface area contributed by atoms with Gasteiger partial charge in [-0.2, -0.15) is 0 Å². The number of amides is 1. The van der Waals surface area contributed by atoms with E-state index in [-0.39, 0.29) is 11.7 Å². The van der Waals surface area contributed by atoms with Gasteiger partial charge >= 0.3 is 5.97 Å². The maximum Gasteiger partial charge on any atom is 0.313 e. The van der Waals surface area contributed by atoms with Gasteiger partial charge in [-0.15, -0.1) is 11.8 Å². The van der Waals surface area contributed by atoms with Crippen LogP contribution in [0.25, 0.3) is 0 Å². The average molecular weight is 351 g/mol. The second kappa shape index (κ2) is 10.2. The minimum absolute atomic E-state index is 0.00645. The summed E-state index contributed by atoms with van der Waals surface area (Å²) in [4.78, 5) is 22.2. The second-order valence-electron chi connectivity index (χ2n) is 5.97. The summed E-state index contributed by atoms with van der Waals surface area (Å²) in [6, 6.07) is 7.98. The van der Waals surface area contributed by atoms with Crippen LogP contribution in [0.3, 0.4) is 0 Å². The molecule has 0 spiro atoms. The van der Waals surface area contributed by atoms with Crippen LogP contribution in [0.4, 0.5) is 0 Å². The van der Waals surface area contributed by atoms with Gasteiger partial charge in [-0.25, -0.2) is 0 Å². The van der Waals surface area contributed by atoms with Crippen LogP contribution in [0.1, 0.15) is 37.7 Å². The van der Waals surface area contributed by atoms with Crippen molar-refractivity contribution in [3.05, 3.63) is 29.8 Å². The van der Waals surface area contributed by atoms with Gasteiger partial charge in [0.15, 0.2) is 0 Å². The Morgan fingerprint density at radius 3 is 2.83 bits per heavy atom. The van der Waals surface area contributed by atoms with Crippen molar-refractivity contribution in [1.29, 1.82) is 0 Å². The Bertz CT molecular complexity index is 544. The molecule has 6 heteroatoms. The molecule has 0 saturated heterocycles. The number of carboxylic acids is 1. The highest BCUT2D eigenvalue weighted by atomic mass is 32.2. The fraction of sp³-hybridized carbons (Fsp3) is 0.556. The number of ether oxygens (including phenoxy) is 1. The molecule has 0 unspecified atom stereocenters. The first-order valence-corrected chi connectivity index (χ1v) is 9.61. The number of hydrogen-bond donors (Lipinski definition) is 2. The summed E-state index contributed by atoms with van der Waals surface area (Å²) < 4.78 is 5.98. The van der Waals surface area contributed by atoms with Gasteiger partial charge in [0.25, 0.3) is 0 Å². The molecule has 1 fully saturated rings. The zero-order valence-electron chi connectivity index (χ0n) is 13.8. The topological polar surface area (TPSA) is 75.6 Å². The highest BCUT2D eigenvalue weighted by molar-refractivity contribution is 7.99. The number of aliphatic carboxylic acids is 1. The maximum atomic E-state index is 11.8. The summed E-state index contributed by atoms with van der Waals surface area (Å²) >= 11 is 1.30. The van der Waals surface area contributed by atoms with Gasteiger partial charge in [-0.3, -0.25) is 9.59 Å². The van der Waals surface area contributed by atoms with Gasteiger partial charge in [0.05, 0.1) is 11.9 Å². The molecule has 0 bridgehead atoms. The number of aryl methyl sites for hydroxylation is 1. The fourth-order valence-corrected chi connectivity index (χ4v) is 3.31. The Hall–Kier alpha value is -1.69. The minimum atomic E-state index is -0.828. The van der Waals surface area contributed by atoms with Crippen LogP contribution >= 0.6 is 11.8 Å². The number of carbonyl (C=O) groups is 2. The summed E-state index contributed by atoms with van der Waals surface area (Å²) in [5.74, 6) is 0.746.